The van der Waals surface area contributed by atoms with E-state index < -0.39 is 11.6 Å². The largest absolute Gasteiger partial charge is 0.298 e. The van der Waals surface area contributed by atoms with Crippen molar-refractivity contribution >= 4 is 6.29 Å². The lowest BCUT2D eigenvalue weighted by Crippen LogP contribution is -1.92. The van der Waals surface area contributed by atoms with Gasteiger partial charge in [-0.3, -0.25) is 9.89 Å². The van der Waals surface area contributed by atoms with E-state index in [1.807, 2.05) is 0 Å². The molecule has 0 saturated heterocycles. The number of nitrogens with zero attached hydrogens (tertiary/aromatic N) is 1. The Kier molecular flexibility index (Phi) is 2.29. The number of hydrogen-bond acceptors (Lipinski definition) is 2. The second-order valence-electron chi connectivity index (χ2n) is 2.91. The summed E-state index contributed by atoms with van der Waals surface area (Å²) in [5.41, 5.74) is -0.0864. The average Bonchev–Trinajstić information content (AvgIpc) is 2.65. The predicted octanol–water partition coefficient (Wildman–Crippen LogP) is 2.17. The molecule has 0 unspecified atom stereocenters. The number of aromatic nitrogens is 2. The Bertz CT molecular complexity index is 488. The van der Waals surface area contributed by atoms with Crippen molar-refractivity contribution in [1.29, 1.82) is 0 Å². The van der Waals surface area contributed by atoms with Gasteiger partial charge in [0.2, 0.25) is 0 Å². The van der Waals surface area contributed by atoms with Gasteiger partial charge in [0.15, 0.2) is 6.29 Å². The first-order valence-electron chi connectivity index (χ1n) is 4.17. The van der Waals surface area contributed by atoms with E-state index in [1.54, 1.807) is 0 Å². The van der Waals surface area contributed by atoms with Crippen molar-refractivity contribution in [3.05, 3.63) is 41.6 Å². The Hall–Kier alpha value is -2.04. The number of rotatable bonds is 2. The summed E-state index contributed by atoms with van der Waals surface area (Å²) in [6.07, 6.45) is 1.71. The standard InChI is InChI=1S/C10H6F2N2O/c11-7-2-1-3-8(12)9(7)10-6(5-15)4-13-14-10/h1-5H,(H,13,14). The smallest absolute Gasteiger partial charge is 0.153 e. The van der Waals surface area contributed by atoms with Gasteiger partial charge in [0, 0.05) is 0 Å². The van der Waals surface area contributed by atoms with Gasteiger partial charge < -0.3 is 0 Å². The lowest BCUT2D eigenvalue weighted by molar-refractivity contribution is 0.112. The van der Waals surface area contributed by atoms with Crippen LogP contribution in [0.2, 0.25) is 0 Å². The summed E-state index contributed by atoms with van der Waals surface area (Å²) in [6.45, 7) is 0. The molecular weight excluding hydrogens is 202 g/mol. The van der Waals surface area contributed by atoms with Crippen LogP contribution in [0.4, 0.5) is 8.78 Å². The topological polar surface area (TPSA) is 45.8 Å². The summed E-state index contributed by atoms with van der Waals surface area (Å²) in [7, 11) is 0. The number of hydrogen-bond donors (Lipinski definition) is 1. The molecule has 0 spiro atoms. The van der Waals surface area contributed by atoms with E-state index in [-0.39, 0.29) is 16.8 Å². The fraction of sp³-hybridized carbons (Fsp3) is 0. The van der Waals surface area contributed by atoms with Crippen molar-refractivity contribution in [2.24, 2.45) is 0 Å². The number of H-pyrrole nitrogens is 1. The molecule has 0 aliphatic rings. The predicted molar refractivity (Wildman–Crippen MR) is 49.3 cm³/mol. The summed E-state index contributed by atoms with van der Waals surface area (Å²) in [5.74, 6) is -1.47. The first-order valence-corrected chi connectivity index (χ1v) is 4.17. The number of carbonyl (C=O) groups is 1. The summed E-state index contributed by atoms with van der Waals surface area (Å²) in [6, 6.07) is 3.49. The second kappa shape index (κ2) is 3.61. The third-order valence-corrected chi connectivity index (χ3v) is 2.01. The van der Waals surface area contributed by atoms with Gasteiger partial charge >= 0.3 is 0 Å². The van der Waals surface area contributed by atoms with Crippen molar-refractivity contribution in [3.63, 3.8) is 0 Å². The highest BCUT2D eigenvalue weighted by molar-refractivity contribution is 5.85. The van der Waals surface area contributed by atoms with Crippen LogP contribution in [0.25, 0.3) is 11.3 Å². The Balaban J connectivity index is 2.68. The third kappa shape index (κ3) is 1.52. The van der Waals surface area contributed by atoms with Crippen molar-refractivity contribution < 1.29 is 13.6 Å². The molecule has 0 radical (unpaired) electrons. The minimum atomic E-state index is -0.734. The van der Waals surface area contributed by atoms with Gasteiger partial charge in [-0.05, 0) is 12.1 Å². The lowest BCUT2D eigenvalue weighted by Gasteiger charge is -2.02. The normalized spacial score (nSPS) is 10.3. The Morgan fingerprint density at radius 3 is 2.53 bits per heavy atom. The maximum absolute atomic E-state index is 13.3. The van der Waals surface area contributed by atoms with E-state index in [1.165, 1.54) is 12.3 Å². The van der Waals surface area contributed by atoms with Gasteiger partial charge in [-0.25, -0.2) is 8.78 Å². The zero-order valence-corrected chi connectivity index (χ0v) is 7.50. The van der Waals surface area contributed by atoms with Gasteiger partial charge in [-0.2, -0.15) is 5.10 Å². The number of aromatic amines is 1. The van der Waals surface area contributed by atoms with Gasteiger partial charge in [-0.15, -0.1) is 0 Å². The Morgan fingerprint density at radius 2 is 1.93 bits per heavy atom. The zero-order valence-electron chi connectivity index (χ0n) is 7.50. The van der Waals surface area contributed by atoms with Crippen LogP contribution in [-0.2, 0) is 0 Å². The molecular formula is C10H6F2N2O. The summed E-state index contributed by atoms with van der Waals surface area (Å²) < 4.78 is 26.7. The minimum absolute atomic E-state index is 0.0561. The molecule has 2 rings (SSSR count). The quantitative estimate of drug-likeness (QED) is 0.768. The second-order valence-corrected chi connectivity index (χ2v) is 2.91. The van der Waals surface area contributed by atoms with E-state index >= 15 is 0 Å². The van der Waals surface area contributed by atoms with Crippen molar-refractivity contribution in [2.75, 3.05) is 0 Å². The average molecular weight is 208 g/mol. The van der Waals surface area contributed by atoms with E-state index in [9.17, 15) is 13.6 Å². The maximum atomic E-state index is 13.3. The highest BCUT2D eigenvalue weighted by Gasteiger charge is 2.15. The first-order chi connectivity index (χ1) is 7.24. The van der Waals surface area contributed by atoms with Gasteiger partial charge in [0.05, 0.1) is 23.0 Å². The minimum Gasteiger partial charge on any atom is -0.298 e. The highest BCUT2D eigenvalue weighted by Crippen LogP contribution is 2.25. The molecule has 0 aliphatic heterocycles. The third-order valence-electron chi connectivity index (χ3n) is 2.01. The summed E-state index contributed by atoms with van der Waals surface area (Å²) in [4.78, 5) is 10.6. The summed E-state index contributed by atoms with van der Waals surface area (Å²) >= 11 is 0. The molecule has 76 valence electrons. The van der Waals surface area contributed by atoms with Crippen molar-refractivity contribution in [2.45, 2.75) is 0 Å². The van der Waals surface area contributed by atoms with Crippen LogP contribution in [-0.4, -0.2) is 16.5 Å². The first kappa shape index (κ1) is 9.51. The number of halogens is 2. The van der Waals surface area contributed by atoms with Crippen LogP contribution < -0.4 is 0 Å². The van der Waals surface area contributed by atoms with E-state index in [2.05, 4.69) is 10.2 Å². The molecule has 1 aromatic heterocycles. The number of carbonyl (C=O) groups excluding carboxylic acids is 1. The van der Waals surface area contributed by atoms with E-state index in [4.69, 9.17) is 0 Å². The van der Waals surface area contributed by atoms with Gasteiger partial charge in [0.25, 0.3) is 0 Å². The molecule has 2 aromatic rings. The summed E-state index contributed by atoms with van der Waals surface area (Å²) in [5, 5.41) is 5.96. The molecule has 1 heterocycles. The molecule has 1 aromatic carbocycles. The molecule has 0 aliphatic carbocycles. The van der Waals surface area contributed by atoms with Crippen LogP contribution in [0.1, 0.15) is 10.4 Å². The van der Waals surface area contributed by atoms with Crippen LogP contribution in [0.15, 0.2) is 24.4 Å². The van der Waals surface area contributed by atoms with Crippen molar-refractivity contribution in [1.82, 2.24) is 10.2 Å². The monoisotopic (exact) mass is 208 g/mol. The SMILES string of the molecule is O=Cc1cn[nH]c1-c1c(F)cccc1F. The highest BCUT2D eigenvalue weighted by atomic mass is 19.1. The number of benzene rings is 1. The molecule has 0 bridgehead atoms. The molecule has 0 amide bonds. The number of aldehydes is 1. The lowest BCUT2D eigenvalue weighted by atomic mass is 10.1. The zero-order chi connectivity index (χ0) is 10.8. The van der Waals surface area contributed by atoms with Crippen LogP contribution >= 0.6 is 0 Å². The van der Waals surface area contributed by atoms with Crippen LogP contribution in [0.3, 0.4) is 0 Å². The van der Waals surface area contributed by atoms with Crippen molar-refractivity contribution in [3.8, 4) is 11.3 Å². The fourth-order valence-electron chi connectivity index (χ4n) is 1.32. The molecule has 0 saturated carbocycles. The Morgan fingerprint density at radius 1 is 1.27 bits per heavy atom. The molecule has 15 heavy (non-hydrogen) atoms. The molecule has 1 N–H and O–H groups in total. The van der Waals surface area contributed by atoms with Gasteiger partial charge in [0.1, 0.15) is 11.6 Å². The Labute approximate surface area is 83.7 Å². The maximum Gasteiger partial charge on any atom is 0.153 e. The van der Waals surface area contributed by atoms with Crippen LogP contribution in [0.5, 0.6) is 0 Å². The molecule has 0 atom stereocenters. The number of nitrogens with one attached hydrogen (secondary N) is 1. The molecule has 5 heteroatoms. The fourth-order valence-corrected chi connectivity index (χ4v) is 1.32. The molecule has 3 nitrogen and oxygen atoms in total. The van der Waals surface area contributed by atoms with E-state index in [0.717, 1.165) is 12.1 Å². The molecule has 0 fully saturated rings. The van der Waals surface area contributed by atoms with Gasteiger partial charge in [-0.1, -0.05) is 6.07 Å². The van der Waals surface area contributed by atoms with E-state index in [0.29, 0.717) is 6.29 Å². The van der Waals surface area contributed by atoms with Crippen LogP contribution in [0, 0.1) is 11.6 Å².